The Balaban J connectivity index is 1.65. The van der Waals surface area contributed by atoms with Gasteiger partial charge in [-0.15, -0.1) is 11.8 Å². The molecule has 1 aromatic carbocycles. The van der Waals surface area contributed by atoms with Crippen molar-refractivity contribution in [2.75, 3.05) is 5.75 Å². The zero-order valence-electron chi connectivity index (χ0n) is 10.4. The van der Waals surface area contributed by atoms with E-state index < -0.39 is 0 Å². The molecular weight excluding hydrogens is 263 g/mol. The van der Waals surface area contributed by atoms with Gasteiger partial charge >= 0.3 is 0 Å². The standard InChI is InChI=1S/C14H15FN2OS/c15-12-1-3-13(4-2-12)19-8-6-14(18)17-10-11-5-7-16-9-11/h1-5,7,9,16H,6,8,10H2,(H,17,18). The highest BCUT2D eigenvalue weighted by Crippen LogP contribution is 2.18. The Morgan fingerprint density at radius 3 is 2.74 bits per heavy atom. The number of halogens is 1. The molecule has 19 heavy (non-hydrogen) atoms. The van der Waals surface area contributed by atoms with E-state index in [-0.39, 0.29) is 11.7 Å². The molecule has 0 radical (unpaired) electrons. The third kappa shape index (κ3) is 4.79. The van der Waals surface area contributed by atoms with Crippen LogP contribution in [0.4, 0.5) is 4.39 Å². The molecule has 1 heterocycles. The fourth-order valence-electron chi connectivity index (χ4n) is 1.55. The maximum atomic E-state index is 12.7. The lowest BCUT2D eigenvalue weighted by atomic mass is 10.3. The molecule has 100 valence electrons. The summed E-state index contributed by atoms with van der Waals surface area (Å²) in [6.45, 7) is 0.545. The second kappa shape index (κ2) is 6.99. The minimum Gasteiger partial charge on any atom is -0.367 e. The Morgan fingerprint density at radius 1 is 1.26 bits per heavy atom. The first-order chi connectivity index (χ1) is 9.24. The van der Waals surface area contributed by atoms with E-state index in [1.165, 1.54) is 12.1 Å². The van der Waals surface area contributed by atoms with Gasteiger partial charge in [-0.05, 0) is 35.9 Å². The van der Waals surface area contributed by atoms with Gasteiger partial charge in [0.1, 0.15) is 5.82 Å². The zero-order chi connectivity index (χ0) is 13.5. The molecule has 0 aliphatic rings. The van der Waals surface area contributed by atoms with Crippen LogP contribution in [0.15, 0.2) is 47.6 Å². The molecule has 1 amide bonds. The van der Waals surface area contributed by atoms with Crippen molar-refractivity contribution in [3.8, 4) is 0 Å². The number of nitrogens with one attached hydrogen (secondary N) is 2. The number of rotatable bonds is 6. The van der Waals surface area contributed by atoms with Crippen LogP contribution in [0.2, 0.25) is 0 Å². The second-order valence-electron chi connectivity index (χ2n) is 4.05. The SMILES string of the molecule is O=C(CCSc1ccc(F)cc1)NCc1cc[nH]c1. The monoisotopic (exact) mass is 278 g/mol. The number of carbonyl (C=O) groups is 1. The Morgan fingerprint density at radius 2 is 2.05 bits per heavy atom. The van der Waals surface area contributed by atoms with Gasteiger partial charge in [0.15, 0.2) is 0 Å². The van der Waals surface area contributed by atoms with Gasteiger partial charge in [0, 0.05) is 36.0 Å². The summed E-state index contributed by atoms with van der Waals surface area (Å²) in [6.07, 6.45) is 4.13. The topological polar surface area (TPSA) is 44.9 Å². The Labute approximate surface area is 115 Å². The lowest BCUT2D eigenvalue weighted by Gasteiger charge is -2.04. The second-order valence-corrected chi connectivity index (χ2v) is 5.22. The van der Waals surface area contributed by atoms with Crippen LogP contribution in [0.1, 0.15) is 12.0 Å². The highest BCUT2D eigenvalue weighted by atomic mass is 32.2. The lowest BCUT2D eigenvalue weighted by molar-refractivity contribution is -0.120. The molecule has 0 saturated carbocycles. The minimum absolute atomic E-state index is 0.0239. The first-order valence-electron chi connectivity index (χ1n) is 6.01. The highest BCUT2D eigenvalue weighted by molar-refractivity contribution is 7.99. The fourth-order valence-corrected chi connectivity index (χ4v) is 2.40. The molecule has 0 unspecified atom stereocenters. The van der Waals surface area contributed by atoms with Crippen molar-refractivity contribution >= 4 is 17.7 Å². The summed E-state index contributed by atoms with van der Waals surface area (Å²) in [5.74, 6) is 0.467. The maximum absolute atomic E-state index is 12.7. The molecule has 1 aromatic heterocycles. The van der Waals surface area contributed by atoms with E-state index in [0.717, 1.165) is 10.5 Å². The molecule has 3 nitrogen and oxygen atoms in total. The summed E-state index contributed by atoms with van der Waals surface area (Å²) in [6, 6.07) is 8.21. The van der Waals surface area contributed by atoms with Gasteiger partial charge in [0.25, 0.3) is 0 Å². The van der Waals surface area contributed by atoms with Crippen molar-refractivity contribution in [3.05, 3.63) is 54.1 Å². The summed E-state index contributed by atoms with van der Waals surface area (Å²) in [5.41, 5.74) is 1.06. The smallest absolute Gasteiger partial charge is 0.221 e. The number of aromatic nitrogens is 1. The minimum atomic E-state index is -0.242. The van der Waals surface area contributed by atoms with Gasteiger partial charge in [-0.2, -0.15) is 0 Å². The predicted molar refractivity (Wildman–Crippen MR) is 74.4 cm³/mol. The molecule has 0 aliphatic carbocycles. The quantitative estimate of drug-likeness (QED) is 0.798. The average molecular weight is 278 g/mol. The van der Waals surface area contributed by atoms with E-state index in [4.69, 9.17) is 0 Å². The van der Waals surface area contributed by atoms with Crippen LogP contribution in [0.5, 0.6) is 0 Å². The number of amides is 1. The summed E-state index contributed by atoms with van der Waals surface area (Å²) >= 11 is 1.55. The zero-order valence-corrected chi connectivity index (χ0v) is 11.2. The van der Waals surface area contributed by atoms with Crippen molar-refractivity contribution in [1.29, 1.82) is 0 Å². The number of thioether (sulfide) groups is 1. The largest absolute Gasteiger partial charge is 0.367 e. The fraction of sp³-hybridized carbons (Fsp3) is 0.214. The molecule has 0 fully saturated rings. The van der Waals surface area contributed by atoms with Crippen LogP contribution in [-0.4, -0.2) is 16.6 Å². The van der Waals surface area contributed by atoms with E-state index in [9.17, 15) is 9.18 Å². The van der Waals surface area contributed by atoms with Gasteiger partial charge in [-0.25, -0.2) is 4.39 Å². The Hall–Kier alpha value is -1.75. The van der Waals surface area contributed by atoms with Crippen LogP contribution in [0, 0.1) is 5.82 Å². The molecule has 0 spiro atoms. The van der Waals surface area contributed by atoms with E-state index in [2.05, 4.69) is 10.3 Å². The molecule has 2 rings (SSSR count). The number of hydrogen-bond donors (Lipinski definition) is 2. The summed E-state index contributed by atoms with van der Waals surface area (Å²) < 4.78 is 12.7. The van der Waals surface area contributed by atoms with Crippen molar-refractivity contribution in [2.45, 2.75) is 17.9 Å². The van der Waals surface area contributed by atoms with Crippen LogP contribution in [0.25, 0.3) is 0 Å². The van der Waals surface area contributed by atoms with E-state index in [1.54, 1.807) is 23.9 Å². The third-order valence-corrected chi connectivity index (χ3v) is 3.58. The van der Waals surface area contributed by atoms with Gasteiger partial charge in [0.05, 0.1) is 0 Å². The molecule has 0 aliphatic heterocycles. The first kappa shape index (κ1) is 13.7. The number of H-pyrrole nitrogens is 1. The summed E-state index contributed by atoms with van der Waals surface area (Å²) in [4.78, 5) is 15.5. The molecule has 2 N–H and O–H groups in total. The van der Waals surface area contributed by atoms with E-state index in [1.807, 2.05) is 18.5 Å². The molecule has 2 aromatic rings. The molecule has 0 bridgehead atoms. The number of aromatic amines is 1. The van der Waals surface area contributed by atoms with Crippen LogP contribution >= 0.6 is 11.8 Å². The number of hydrogen-bond acceptors (Lipinski definition) is 2. The van der Waals surface area contributed by atoms with E-state index in [0.29, 0.717) is 18.7 Å². The van der Waals surface area contributed by atoms with Gasteiger partial charge < -0.3 is 10.3 Å². The maximum Gasteiger partial charge on any atom is 0.221 e. The molecule has 0 saturated heterocycles. The van der Waals surface area contributed by atoms with Crippen LogP contribution < -0.4 is 5.32 Å². The lowest BCUT2D eigenvalue weighted by Crippen LogP contribution is -2.22. The summed E-state index contributed by atoms with van der Waals surface area (Å²) in [7, 11) is 0. The third-order valence-electron chi connectivity index (χ3n) is 2.56. The van der Waals surface area contributed by atoms with E-state index >= 15 is 0 Å². The van der Waals surface area contributed by atoms with Crippen molar-refractivity contribution < 1.29 is 9.18 Å². The number of benzene rings is 1. The van der Waals surface area contributed by atoms with Gasteiger partial charge in [-0.3, -0.25) is 4.79 Å². The summed E-state index contributed by atoms with van der Waals surface area (Å²) in [5, 5.41) is 2.85. The Bertz CT molecular complexity index is 511. The molecular formula is C14H15FN2OS. The normalized spacial score (nSPS) is 10.4. The van der Waals surface area contributed by atoms with Crippen molar-refractivity contribution in [3.63, 3.8) is 0 Å². The van der Waals surface area contributed by atoms with Crippen LogP contribution in [-0.2, 0) is 11.3 Å². The highest BCUT2D eigenvalue weighted by Gasteiger charge is 2.02. The molecule has 5 heteroatoms. The van der Waals surface area contributed by atoms with Crippen molar-refractivity contribution in [1.82, 2.24) is 10.3 Å². The predicted octanol–water partition coefficient (Wildman–Crippen LogP) is 2.95. The average Bonchev–Trinajstić information content (AvgIpc) is 2.92. The van der Waals surface area contributed by atoms with Gasteiger partial charge in [-0.1, -0.05) is 0 Å². The Kier molecular flexibility index (Phi) is 5.03. The van der Waals surface area contributed by atoms with Crippen LogP contribution in [0.3, 0.4) is 0 Å². The van der Waals surface area contributed by atoms with Gasteiger partial charge in [0.2, 0.25) is 5.91 Å². The molecule has 0 atom stereocenters. The number of carbonyl (C=O) groups excluding carboxylic acids is 1. The van der Waals surface area contributed by atoms with Crippen molar-refractivity contribution in [2.24, 2.45) is 0 Å². The first-order valence-corrected chi connectivity index (χ1v) is 6.99.